The molecule has 3 aromatic rings. The van der Waals surface area contributed by atoms with Gasteiger partial charge in [0.1, 0.15) is 23.8 Å². The third-order valence-corrected chi connectivity index (χ3v) is 6.56. The molecular weight excluding hydrogens is 386 g/mol. The summed E-state index contributed by atoms with van der Waals surface area (Å²) in [6.07, 6.45) is 2.31. The molecule has 0 bridgehead atoms. The minimum Gasteiger partial charge on any atom is -0.459 e. The number of fused-ring (bicyclic) bond motifs is 1. The Morgan fingerprint density at radius 3 is 2.62 bits per heavy atom. The summed E-state index contributed by atoms with van der Waals surface area (Å²) in [6.45, 7) is 6.58. The lowest BCUT2D eigenvalue weighted by Crippen LogP contribution is -2.32. The summed E-state index contributed by atoms with van der Waals surface area (Å²) in [5.74, 6) is 0.215. The van der Waals surface area contributed by atoms with Crippen molar-refractivity contribution in [2.75, 3.05) is 13.1 Å². The number of aryl methyl sites for hydroxylation is 2. The van der Waals surface area contributed by atoms with E-state index in [1.807, 2.05) is 44.2 Å². The van der Waals surface area contributed by atoms with Crippen LogP contribution in [0.15, 0.2) is 35.1 Å². The molecule has 29 heavy (non-hydrogen) atoms. The molecule has 1 aliphatic rings. The van der Waals surface area contributed by atoms with Crippen LogP contribution >= 0.6 is 11.3 Å². The Morgan fingerprint density at radius 2 is 1.90 bits per heavy atom. The van der Waals surface area contributed by atoms with Crippen molar-refractivity contribution in [3.63, 3.8) is 0 Å². The second-order valence-electron chi connectivity index (χ2n) is 7.51. The van der Waals surface area contributed by atoms with E-state index in [0.29, 0.717) is 17.8 Å². The van der Waals surface area contributed by atoms with Crippen LogP contribution < -0.4 is 5.56 Å². The van der Waals surface area contributed by atoms with Gasteiger partial charge in [0.15, 0.2) is 0 Å². The Balaban J connectivity index is 1.63. The fourth-order valence-electron chi connectivity index (χ4n) is 3.71. The molecule has 6 nitrogen and oxygen atoms in total. The van der Waals surface area contributed by atoms with Crippen LogP contribution in [0.5, 0.6) is 0 Å². The molecule has 1 aromatic carbocycles. The van der Waals surface area contributed by atoms with Crippen molar-refractivity contribution in [1.29, 1.82) is 0 Å². The molecule has 0 saturated carbocycles. The molecular formula is C22H25N3O3S. The molecule has 0 amide bonds. The monoisotopic (exact) mass is 411 g/mol. The van der Waals surface area contributed by atoms with Crippen molar-refractivity contribution in [3.05, 3.63) is 62.5 Å². The first-order valence-corrected chi connectivity index (χ1v) is 10.8. The number of carbonyl (C=O) groups is 1. The van der Waals surface area contributed by atoms with E-state index in [0.717, 1.165) is 46.8 Å². The molecule has 0 N–H and O–H groups in total. The lowest BCUT2D eigenvalue weighted by atomic mass is 10.2. The normalized spacial score (nSPS) is 14.6. The smallest absolute Gasteiger partial charge is 0.326 e. The zero-order valence-electron chi connectivity index (χ0n) is 16.8. The van der Waals surface area contributed by atoms with Gasteiger partial charge in [0.25, 0.3) is 5.56 Å². The van der Waals surface area contributed by atoms with Crippen LogP contribution in [0.3, 0.4) is 0 Å². The average Bonchev–Trinajstić information content (AvgIpc) is 3.32. The molecule has 1 saturated heterocycles. The van der Waals surface area contributed by atoms with Crippen molar-refractivity contribution in [3.8, 4) is 0 Å². The van der Waals surface area contributed by atoms with Crippen molar-refractivity contribution < 1.29 is 9.53 Å². The molecule has 1 fully saturated rings. The van der Waals surface area contributed by atoms with Gasteiger partial charge in [-0.2, -0.15) is 0 Å². The van der Waals surface area contributed by atoms with Crippen molar-refractivity contribution in [2.45, 2.75) is 46.4 Å². The number of likely N-dealkylation sites (tertiary alicyclic amines) is 1. The van der Waals surface area contributed by atoms with E-state index in [9.17, 15) is 9.59 Å². The summed E-state index contributed by atoms with van der Waals surface area (Å²) in [5.41, 5.74) is 1.72. The van der Waals surface area contributed by atoms with E-state index >= 15 is 0 Å². The van der Waals surface area contributed by atoms with Crippen LogP contribution in [0.1, 0.15) is 34.7 Å². The number of aromatic nitrogens is 2. The van der Waals surface area contributed by atoms with E-state index < -0.39 is 5.97 Å². The van der Waals surface area contributed by atoms with Crippen LogP contribution in [-0.2, 0) is 29.2 Å². The lowest BCUT2D eigenvalue weighted by Gasteiger charge is -2.18. The van der Waals surface area contributed by atoms with Gasteiger partial charge in [-0.05, 0) is 50.9 Å². The number of rotatable bonds is 6. The number of carbonyl (C=O) groups excluding carboxylic acids is 1. The molecule has 0 unspecified atom stereocenters. The predicted molar refractivity (Wildman–Crippen MR) is 114 cm³/mol. The highest BCUT2D eigenvalue weighted by Crippen LogP contribution is 2.26. The highest BCUT2D eigenvalue weighted by atomic mass is 32.1. The van der Waals surface area contributed by atoms with Gasteiger partial charge in [-0.1, -0.05) is 30.3 Å². The Morgan fingerprint density at radius 1 is 1.17 bits per heavy atom. The minimum atomic E-state index is -0.427. The van der Waals surface area contributed by atoms with Gasteiger partial charge >= 0.3 is 5.97 Å². The zero-order valence-corrected chi connectivity index (χ0v) is 17.6. The number of ether oxygens (including phenoxy) is 1. The summed E-state index contributed by atoms with van der Waals surface area (Å²) in [7, 11) is 0. The van der Waals surface area contributed by atoms with E-state index in [1.165, 1.54) is 4.57 Å². The molecule has 0 spiro atoms. The van der Waals surface area contributed by atoms with Crippen molar-refractivity contribution in [2.24, 2.45) is 0 Å². The Kier molecular flexibility index (Phi) is 5.78. The van der Waals surface area contributed by atoms with Gasteiger partial charge in [0.2, 0.25) is 0 Å². The molecule has 2 aromatic heterocycles. The number of benzene rings is 1. The Labute approximate surface area is 173 Å². The van der Waals surface area contributed by atoms with E-state index in [-0.39, 0.29) is 18.7 Å². The summed E-state index contributed by atoms with van der Waals surface area (Å²) in [6, 6.07) is 9.54. The number of hydrogen-bond acceptors (Lipinski definition) is 6. The summed E-state index contributed by atoms with van der Waals surface area (Å²) in [4.78, 5) is 34.7. The van der Waals surface area contributed by atoms with Crippen molar-refractivity contribution >= 4 is 27.5 Å². The number of thiophene rings is 1. The second-order valence-corrected chi connectivity index (χ2v) is 8.72. The molecule has 3 heterocycles. The Hall–Kier alpha value is -2.51. The number of nitrogens with zero attached hydrogens (tertiary/aromatic N) is 3. The molecule has 1 aliphatic heterocycles. The third kappa shape index (κ3) is 4.26. The van der Waals surface area contributed by atoms with E-state index in [2.05, 4.69) is 4.90 Å². The fraction of sp³-hybridized carbons (Fsp3) is 0.409. The van der Waals surface area contributed by atoms with E-state index in [1.54, 1.807) is 11.3 Å². The first-order chi connectivity index (χ1) is 14.0. The molecule has 0 atom stereocenters. The topological polar surface area (TPSA) is 64.4 Å². The maximum absolute atomic E-state index is 13.3. The quantitative estimate of drug-likeness (QED) is 0.582. The van der Waals surface area contributed by atoms with E-state index in [4.69, 9.17) is 9.72 Å². The van der Waals surface area contributed by atoms with Crippen LogP contribution in [0, 0.1) is 13.8 Å². The Bertz CT molecular complexity index is 1080. The van der Waals surface area contributed by atoms with Crippen LogP contribution in [0.25, 0.3) is 10.2 Å². The highest BCUT2D eigenvalue weighted by Gasteiger charge is 2.21. The SMILES string of the molecule is Cc1sc2nc(CN3CCCC3)n(CC(=O)OCc3ccccc3)c(=O)c2c1C. The lowest BCUT2D eigenvalue weighted by molar-refractivity contribution is -0.145. The first kappa shape index (κ1) is 19.8. The third-order valence-electron chi connectivity index (χ3n) is 5.46. The van der Waals surface area contributed by atoms with Gasteiger partial charge < -0.3 is 4.74 Å². The number of hydrogen-bond donors (Lipinski definition) is 0. The molecule has 152 valence electrons. The first-order valence-electron chi connectivity index (χ1n) is 9.94. The zero-order chi connectivity index (χ0) is 20.4. The van der Waals surface area contributed by atoms with Gasteiger partial charge in [-0.3, -0.25) is 19.1 Å². The maximum Gasteiger partial charge on any atom is 0.326 e. The van der Waals surface area contributed by atoms with Gasteiger partial charge in [-0.25, -0.2) is 4.98 Å². The number of esters is 1. The standard InChI is InChI=1S/C22H25N3O3S/c1-15-16(2)29-21-20(15)22(27)25(18(23-21)12-24-10-6-7-11-24)13-19(26)28-14-17-8-4-3-5-9-17/h3-5,8-9H,6-7,10-14H2,1-2H3. The van der Waals surface area contributed by atoms with Gasteiger partial charge in [-0.15, -0.1) is 11.3 Å². The van der Waals surface area contributed by atoms with Crippen LogP contribution in [0.4, 0.5) is 0 Å². The van der Waals surface area contributed by atoms with Gasteiger partial charge in [0, 0.05) is 4.88 Å². The fourth-order valence-corrected chi connectivity index (χ4v) is 4.75. The van der Waals surface area contributed by atoms with Crippen molar-refractivity contribution in [1.82, 2.24) is 14.5 Å². The second kappa shape index (κ2) is 8.47. The molecule has 0 aliphatic carbocycles. The summed E-state index contributed by atoms with van der Waals surface area (Å²) in [5, 5.41) is 0.619. The summed E-state index contributed by atoms with van der Waals surface area (Å²) < 4.78 is 6.93. The average molecular weight is 412 g/mol. The van der Waals surface area contributed by atoms with Crippen LogP contribution in [0.2, 0.25) is 0 Å². The minimum absolute atomic E-state index is 0.119. The van der Waals surface area contributed by atoms with Crippen LogP contribution in [-0.4, -0.2) is 33.5 Å². The summed E-state index contributed by atoms with van der Waals surface area (Å²) >= 11 is 1.54. The molecule has 7 heteroatoms. The predicted octanol–water partition coefficient (Wildman–Crippen LogP) is 3.41. The largest absolute Gasteiger partial charge is 0.459 e. The van der Waals surface area contributed by atoms with Gasteiger partial charge in [0.05, 0.1) is 11.9 Å². The maximum atomic E-state index is 13.3. The molecule has 0 radical (unpaired) electrons. The highest BCUT2D eigenvalue weighted by molar-refractivity contribution is 7.18. The molecule has 4 rings (SSSR count).